The molecule has 0 atom stereocenters. The third-order valence-corrected chi connectivity index (χ3v) is 1.68. The molecular weight excluding hydrogens is 198 g/mol. The van der Waals surface area contributed by atoms with Gasteiger partial charge < -0.3 is 10.8 Å². The molecule has 0 bridgehead atoms. The number of hydrogen-bond acceptors (Lipinski definition) is 5. The van der Waals surface area contributed by atoms with Crippen LogP contribution in [0.2, 0.25) is 0 Å². The van der Waals surface area contributed by atoms with E-state index in [4.69, 9.17) is 5.73 Å². The molecule has 0 radical (unpaired) electrons. The number of aromatic nitrogens is 4. The number of carbonyl (C=O) groups is 1. The first kappa shape index (κ1) is 9.13. The summed E-state index contributed by atoms with van der Waals surface area (Å²) in [7, 11) is 0. The maximum atomic E-state index is 10.8. The maximum Gasteiger partial charge on any atom is 0.269 e. The highest BCUT2D eigenvalue weighted by Gasteiger charge is 2.13. The van der Waals surface area contributed by atoms with Crippen LogP contribution in [0, 0.1) is 0 Å². The predicted molar refractivity (Wildman–Crippen MR) is 49.3 cm³/mol. The van der Waals surface area contributed by atoms with E-state index in [9.17, 15) is 9.90 Å². The van der Waals surface area contributed by atoms with Crippen LogP contribution in [0.4, 0.5) is 0 Å². The van der Waals surface area contributed by atoms with Gasteiger partial charge in [0.25, 0.3) is 11.9 Å². The van der Waals surface area contributed by atoms with E-state index >= 15 is 0 Å². The molecule has 2 heterocycles. The molecule has 15 heavy (non-hydrogen) atoms. The van der Waals surface area contributed by atoms with E-state index in [1.54, 1.807) is 6.07 Å². The largest absolute Gasteiger partial charge is 0.493 e. The SMILES string of the molecule is NC(=O)c1cc(O)n(-c2ncccn2)n1. The second-order valence-corrected chi connectivity index (χ2v) is 2.71. The number of carbonyl (C=O) groups excluding carboxylic acids is 1. The summed E-state index contributed by atoms with van der Waals surface area (Å²) in [5.74, 6) is -0.794. The predicted octanol–water partition coefficient (Wildman–Crippen LogP) is -0.533. The van der Waals surface area contributed by atoms with E-state index in [2.05, 4.69) is 15.1 Å². The number of amides is 1. The summed E-state index contributed by atoms with van der Waals surface area (Å²) in [5, 5.41) is 13.2. The molecule has 2 aromatic rings. The van der Waals surface area contributed by atoms with Crippen molar-refractivity contribution in [2.45, 2.75) is 0 Å². The maximum absolute atomic E-state index is 10.8. The summed E-state index contributed by atoms with van der Waals surface area (Å²) in [6.07, 6.45) is 2.99. The highest BCUT2D eigenvalue weighted by molar-refractivity contribution is 5.91. The molecule has 7 heteroatoms. The topological polar surface area (TPSA) is 107 Å². The lowest BCUT2D eigenvalue weighted by Crippen LogP contribution is -2.12. The van der Waals surface area contributed by atoms with Crippen LogP contribution in [0.15, 0.2) is 24.5 Å². The summed E-state index contributed by atoms with van der Waals surface area (Å²) in [6.45, 7) is 0. The molecular formula is C8H7N5O2. The van der Waals surface area contributed by atoms with Crippen molar-refractivity contribution in [1.82, 2.24) is 19.7 Å². The molecule has 1 amide bonds. The number of hydrogen-bond donors (Lipinski definition) is 2. The lowest BCUT2D eigenvalue weighted by Gasteiger charge is -1.98. The molecule has 7 nitrogen and oxygen atoms in total. The minimum absolute atomic E-state index is 0.0417. The van der Waals surface area contributed by atoms with Gasteiger partial charge in [0.15, 0.2) is 5.69 Å². The molecule has 0 saturated carbocycles. The molecule has 0 spiro atoms. The van der Waals surface area contributed by atoms with Gasteiger partial charge in [0.1, 0.15) is 0 Å². The Balaban J connectivity index is 2.50. The third-order valence-electron chi connectivity index (χ3n) is 1.68. The standard InChI is InChI=1S/C8H7N5O2/c9-7(15)5-4-6(14)13(12-5)8-10-2-1-3-11-8/h1-4,14H,(H2,9,15). The smallest absolute Gasteiger partial charge is 0.269 e. The van der Waals surface area contributed by atoms with E-state index in [1.165, 1.54) is 12.4 Å². The molecule has 0 aliphatic carbocycles. The van der Waals surface area contributed by atoms with Crippen LogP contribution in [0.5, 0.6) is 5.88 Å². The first-order valence-electron chi connectivity index (χ1n) is 4.04. The molecule has 0 aromatic carbocycles. The number of nitrogens with two attached hydrogens (primary N) is 1. The Kier molecular flexibility index (Phi) is 2.05. The van der Waals surface area contributed by atoms with E-state index < -0.39 is 5.91 Å². The summed E-state index contributed by atoms with van der Waals surface area (Å²) in [5.41, 5.74) is 4.97. The summed E-state index contributed by atoms with van der Waals surface area (Å²) >= 11 is 0. The van der Waals surface area contributed by atoms with Crippen molar-refractivity contribution in [3.63, 3.8) is 0 Å². The molecule has 2 aromatic heterocycles. The van der Waals surface area contributed by atoms with E-state index in [0.29, 0.717) is 0 Å². The zero-order valence-corrected chi connectivity index (χ0v) is 7.53. The first-order valence-corrected chi connectivity index (χ1v) is 4.04. The van der Waals surface area contributed by atoms with Crippen LogP contribution in [-0.2, 0) is 0 Å². The number of nitrogens with zero attached hydrogens (tertiary/aromatic N) is 4. The average Bonchev–Trinajstić information content (AvgIpc) is 2.62. The lowest BCUT2D eigenvalue weighted by atomic mass is 10.4. The van der Waals surface area contributed by atoms with Crippen LogP contribution in [0.1, 0.15) is 10.5 Å². The Morgan fingerprint density at radius 3 is 2.60 bits per heavy atom. The van der Waals surface area contributed by atoms with Crippen molar-refractivity contribution in [3.05, 3.63) is 30.2 Å². The Hall–Kier alpha value is -2.44. The molecule has 76 valence electrons. The highest BCUT2D eigenvalue weighted by Crippen LogP contribution is 2.14. The molecule has 0 saturated heterocycles. The van der Waals surface area contributed by atoms with Crippen molar-refractivity contribution >= 4 is 5.91 Å². The van der Waals surface area contributed by atoms with Gasteiger partial charge in [-0.1, -0.05) is 0 Å². The highest BCUT2D eigenvalue weighted by atomic mass is 16.3. The Bertz CT molecular complexity index is 493. The second kappa shape index (κ2) is 3.37. The van der Waals surface area contributed by atoms with Crippen LogP contribution >= 0.6 is 0 Å². The summed E-state index contributed by atoms with van der Waals surface area (Å²) < 4.78 is 1.03. The minimum atomic E-state index is -0.722. The van der Waals surface area contributed by atoms with Crippen molar-refractivity contribution in [2.75, 3.05) is 0 Å². The Morgan fingerprint density at radius 1 is 1.40 bits per heavy atom. The van der Waals surface area contributed by atoms with Gasteiger partial charge in [-0.15, -0.1) is 0 Å². The number of aromatic hydroxyl groups is 1. The van der Waals surface area contributed by atoms with Gasteiger partial charge in [0.05, 0.1) is 0 Å². The second-order valence-electron chi connectivity index (χ2n) is 2.71. The lowest BCUT2D eigenvalue weighted by molar-refractivity contribution is 0.0995. The summed E-state index contributed by atoms with van der Waals surface area (Å²) in [4.78, 5) is 18.5. The zero-order valence-electron chi connectivity index (χ0n) is 7.53. The monoisotopic (exact) mass is 205 g/mol. The van der Waals surface area contributed by atoms with Crippen molar-refractivity contribution in [3.8, 4) is 11.8 Å². The number of rotatable bonds is 2. The van der Waals surface area contributed by atoms with Gasteiger partial charge in [0, 0.05) is 18.5 Å². The van der Waals surface area contributed by atoms with Gasteiger partial charge in [-0.2, -0.15) is 9.78 Å². The van der Waals surface area contributed by atoms with Gasteiger partial charge in [-0.05, 0) is 6.07 Å². The van der Waals surface area contributed by atoms with Crippen molar-refractivity contribution < 1.29 is 9.90 Å². The normalized spacial score (nSPS) is 10.1. The fourth-order valence-electron chi connectivity index (χ4n) is 1.04. The average molecular weight is 205 g/mol. The summed E-state index contributed by atoms with van der Waals surface area (Å²) in [6, 6.07) is 2.78. The van der Waals surface area contributed by atoms with Gasteiger partial charge >= 0.3 is 0 Å². The quantitative estimate of drug-likeness (QED) is 0.685. The minimum Gasteiger partial charge on any atom is -0.493 e. The Morgan fingerprint density at radius 2 is 2.07 bits per heavy atom. The molecule has 0 fully saturated rings. The van der Waals surface area contributed by atoms with Gasteiger partial charge in [-0.25, -0.2) is 9.97 Å². The third kappa shape index (κ3) is 1.62. The molecule has 0 aliphatic rings. The molecule has 0 unspecified atom stereocenters. The Labute approximate surface area is 84.2 Å². The van der Waals surface area contributed by atoms with E-state index in [-0.39, 0.29) is 17.5 Å². The van der Waals surface area contributed by atoms with Crippen LogP contribution < -0.4 is 5.73 Å². The van der Waals surface area contributed by atoms with Crippen LogP contribution in [0.25, 0.3) is 5.95 Å². The van der Waals surface area contributed by atoms with Gasteiger partial charge in [-0.3, -0.25) is 4.79 Å². The van der Waals surface area contributed by atoms with Crippen molar-refractivity contribution in [2.24, 2.45) is 5.73 Å². The molecule has 2 rings (SSSR count). The number of primary amides is 1. The van der Waals surface area contributed by atoms with E-state index in [0.717, 1.165) is 10.7 Å². The molecule has 3 N–H and O–H groups in total. The fraction of sp³-hybridized carbons (Fsp3) is 0. The zero-order chi connectivity index (χ0) is 10.8. The fourth-order valence-corrected chi connectivity index (χ4v) is 1.04. The van der Waals surface area contributed by atoms with Crippen LogP contribution in [-0.4, -0.2) is 30.8 Å². The van der Waals surface area contributed by atoms with Gasteiger partial charge in [0.2, 0.25) is 5.88 Å². The first-order chi connectivity index (χ1) is 7.18. The van der Waals surface area contributed by atoms with Crippen LogP contribution in [0.3, 0.4) is 0 Å². The van der Waals surface area contributed by atoms with Crippen molar-refractivity contribution in [1.29, 1.82) is 0 Å². The molecule has 0 aliphatic heterocycles. The van der Waals surface area contributed by atoms with E-state index in [1.807, 2.05) is 0 Å².